The molecule has 0 bridgehead atoms. The summed E-state index contributed by atoms with van der Waals surface area (Å²) in [6, 6.07) is 1.79. The van der Waals surface area contributed by atoms with Gasteiger partial charge in [-0.3, -0.25) is 19.7 Å². The topological polar surface area (TPSA) is 117 Å². The molecular formula is C20H32N6O3. The molecule has 0 aromatic carbocycles. The largest absolute Gasteiger partial charge is 0.345 e. The summed E-state index contributed by atoms with van der Waals surface area (Å²) >= 11 is 0. The molecule has 2 atom stereocenters. The van der Waals surface area contributed by atoms with E-state index in [1.807, 2.05) is 0 Å². The van der Waals surface area contributed by atoms with Gasteiger partial charge in [-0.15, -0.1) is 0 Å². The lowest BCUT2D eigenvalue weighted by Crippen LogP contribution is -2.53. The Kier molecular flexibility index (Phi) is 7.24. The first-order chi connectivity index (χ1) is 14.0. The molecule has 0 spiro atoms. The number of amides is 3. The van der Waals surface area contributed by atoms with Crippen LogP contribution in [0.15, 0.2) is 6.07 Å². The van der Waals surface area contributed by atoms with Crippen LogP contribution in [0.4, 0.5) is 5.82 Å². The molecule has 3 amide bonds. The minimum atomic E-state index is -0.720. The number of aromatic nitrogens is 2. The molecule has 9 heteroatoms. The molecule has 29 heavy (non-hydrogen) atoms. The van der Waals surface area contributed by atoms with Crippen molar-refractivity contribution in [1.82, 2.24) is 25.7 Å². The van der Waals surface area contributed by atoms with Gasteiger partial charge in [0.2, 0.25) is 5.91 Å². The number of anilines is 1. The highest BCUT2D eigenvalue weighted by Gasteiger charge is 2.29. The van der Waals surface area contributed by atoms with Crippen molar-refractivity contribution in [3.63, 3.8) is 0 Å². The van der Waals surface area contributed by atoms with Crippen LogP contribution in [0.2, 0.25) is 0 Å². The Morgan fingerprint density at radius 3 is 2.62 bits per heavy atom. The zero-order chi connectivity index (χ0) is 20.8. The molecule has 2 unspecified atom stereocenters. The Morgan fingerprint density at radius 2 is 1.93 bits per heavy atom. The van der Waals surface area contributed by atoms with Gasteiger partial charge in [0.1, 0.15) is 5.82 Å². The van der Waals surface area contributed by atoms with Crippen LogP contribution in [-0.2, 0) is 14.4 Å². The third-order valence-electron chi connectivity index (χ3n) is 5.50. The number of nitrogens with zero attached hydrogens (tertiary/aromatic N) is 2. The maximum atomic E-state index is 12.5. The summed E-state index contributed by atoms with van der Waals surface area (Å²) in [7, 11) is 0. The van der Waals surface area contributed by atoms with Crippen molar-refractivity contribution in [3.8, 4) is 0 Å². The standard InChI is InChI=1S/C20H32N6O3/c1-3-8-15-12-17(27)24-20(22-15)26-16(11-13(2)25-26)23-19(29)18(28)21-14-9-6-4-5-7-10-14/h11,14-15,20,22H,3-10,12H2,1-2H3,(H,21,28)(H,23,29)(H,24,27). The third kappa shape index (κ3) is 5.79. The fraction of sp³-hybridized carbons (Fsp3) is 0.700. The van der Waals surface area contributed by atoms with Gasteiger partial charge in [0.15, 0.2) is 6.29 Å². The Hall–Kier alpha value is -2.42. The van der Waals surface area contributed by atoms with Crippen LogP contribution in [0, 0.1) is 6.92 Å². The van der Waals surface area contributed by atoms with Gasteiger partial charge in [0, 0.05) is 24.6 Å². The molecule has 3 rings (SSSR count). The highest BCUT2D eigenvalue weighted by molar-refractivity contribution is 6.39. The second-order valence-electron chi connectivity index (χ2n) is 8.06. The summed E-state index contributed by atoms with van der Waals surface area (Å²) in [6.45, 7) is 3.87. The van der Waals surface area contributed by atoms with Crippen molar-refractivity contribution in [2.75, 3.05) is 5.32 Å². The maximum absolute atomic E-state index is 12.5. The van der Waals surface area contributed by atoms with Gasteiger partial charge in [0.25, 0.3) is 0 Å². The van der Waals surface area contributed by atoms with Crippen LogP contribution in [-0.4, -0.2) is 39.6 Å². The van der Waals surface area contributed by atoms with E-state index in [0.717, 1.165) is 38.5 Å². The van der Waals surface area contributed by atoms with E-state index >= 15 is 0 Å². The van der Waals surface area contributed by atoms with Crippen molar-refractivity contribution in [2.45, 2.75) is 90.0 Å². The number of carbonyl (C=O) groups is 3. The fourth-order valence-corrected chi connectivity index (χ4v) is 4.08. The highest BCUT2D eigenvalue weighted by Crippen LogP contribution is 2.19. The average Bonchev–Trinajstić information content (AvgIpc) is 2.86. The molecule has 0 radical (unpaired) electrons. The predicted octanol–water partition coefficient (Wildman–Crippen LogP) is 1.70. The lowest BCUT2D eigenvalue weighted by Gasteiger charge is -2.32. The zero-order valence-corrected chi connectivity index (χ0v) is 17.3. The fourth-order valence-electron chi connectivity index (χ4n) is 4.08. The summed E-state index contributed by atoms with van der Waals surface area (Å²) in [5, 5.41) is 16.1. The van der Waals surface area contributed by atoms with E-state index in [1.165, 1.54) is 17.5 Å². The van der Waals surface area contributed by atoms with Crippen LogP contribution < -0.4 is 21.3 Å². The van der Waals surface area contributed by atoms with Gasteiger partial charge in [-0.25, -0.2) is 4.68 Å². The minimum absolute atomic E-state index is 0.0466. The highest BCUT2D eigenvalue weighted by atomic mass is 16.2. The Morgan fingerprint density at radius 1 is 1.21 bits per heavy atom. The van der Waals surface area contributed by atoms with Crippen molar-refractivity contribution >= 4 is 23.5 Å². The van der Waals surface area contributed by atoms with Gasteiger partial charge >= 0.3 is 11.8 Å². The van der Waals surface area contributed by atoms with Gasteiger partial charge in [-0.2, -0.15) is 5.10 Å². The van der Waals surface area contributed by atoms with Gasteiger partial charge < -0.3 is 16.0 Å². The Balaban J connectivity index is 1.65. The molecule has 1 saturated heterocycles. The summed E-state index contributed by atoms with van der Waals surface area (Å²) in [5.41, 5.74) is 0.679. The first-order valence-corrected chi connectivity index (χ1v) is 10.7. The van der Waals surface area contributed by atoms with Gasteiger partial charge in [-0.05, 0) is 26.2 Å². The molecule has 160 valence electrons. The molecular weight excluding hydrogens is 372 g/mol. The monoisotopic (exact) mass is 404 g/mol. The number of nitrogens with one attached hydrogen (secondary N) is 4. The summed E-state index contributed by atoms with van der Waals surface area (Å²) in [4.78, 5) is 36.9. The summed E-state index contributed by atoms with van der Waals surface area (Å²) < 4.78 is 1.52. The van der Waals surface area contributed by atoms with E-state index in [2.05, 4.69) is 33.3 Å². The molecule has 9 nitrogen and oxygen atoms in total. The molecule has 4 N–H and O–H groups in total. The molecule has 1 aromatic heterocycles. The van der Waals surface area contributed by atoms with Gasteiger partial charge in [-0.1, -0.05) is 39.0 Å². The van der Waals surface area contributed by atoms with Crippen LogP contribution in [0.25, 0.3) is 0 Å². The predicted molar refractivity (Wildman–Crippen MR) is 109 cm³/mol. The van der Waals surface area contributed by atoms with E-state index in [9.17, 15) is 14.4 Å². The third-order valence-corrected chi connectivity index (χ3v) is 5.50. The van der Waals surface area contributed by atoms with E-state index in [1.54, 1.807) is 13.0 Å². The molecule has 1 saturated carbocycles. The normalized spacial score (nSPS) is 23.2. The lowest BCUT2D eigenvalue weighted by atomic mass is 10.1. The number of carbonyl (C=O) groups excluding carboxylic acids is 3. The summed E-state index contributed by atoms with van der Waals surface area (Å²) in [6.07, 6.45) is 8.00. The Labute approximate surface area is 171 Å². The van der Waals surface area contributed by atoms with E-state index in [0.29, 0.717) is 17.9 Å². The molecule has 2 fully saturated rings. The number of hydrogen-bond acceptors (Lipinski definition) is 5. The summed E-state index contributed by atoms with van der Waals surface area (Å²) in [5.74, 6) is -1.04. The second kappa shape index (κ2) is 9.87. The van der Waals surface area contributed by atoms with Crippen molar-refractivity contribution in [3.05, 3.63) is 11.8 Å². The van der Waals surface area contributed by atoms with Crippen molar-refractivity contribution in [1.29, 1.82) is 0 Å². The van der Waals surface area contributed by atoms with Gasteiger partial charge in [0.05, 0.1) is 5.69 Å². The van der Waals surface area contributed by atoms with E-state index < -0.39 is 18.1 Å². The van der Waals surface area contributed by atoms with Crippen molar-refractivity contribution in [2.24, 2.45) is 0 Å². The number of aryl methyl sites for hydroxylation is 1. The number of hydrogen-bond donors (Lipinski definition) is 4. The van der Waals surface area contributed by atoms with Crippen LogP contribution in [0.3, 0.4) is 0 Å². The average molecular weight is 405 g/mol. The van der Waals surface area contributed by atoms with Crippen LogP contribution >= 0.6 is 0 Å². The molecule has 2 aliphatic rings. The molecule has 2 heterocycles. The van der Waals surface area contributed by atoms with Crippen LogP contribution in [0.1, 0.15) is 76.7 Å². The molecule has 1 aliphatic heterocycles. The number of rotatable bonds is 5. The Bertz CT molecular complexity index is 739. The SMILES string of the molecule is CCCC1CC(=O)NC(n2nc(C)cc2NC(=O)C(=O)NC2CCCCCC2)N1. The smallest absolute Gasteiger partial charge is 0.314 e. The quantitative estimate of drug-likeness (QED) is 0.440. The van der Waals surface area contributed by atoms with E-state index in [-0.39, 0.29) is 18.0 Å². The molecule has 1 aliphatic carbocycles. The molecule has 1 aromatic rings. The van der Waals surface area contributed by atoms with Crippen molar-refractivity contribution < 1.29 is 14.4 Å². The maximum Gasteiger partial charge on any atom is 0.314 e. The first kappa shape index (κ1) is 21.3. The van der Waals surface area contributed by atoms with Crippen LogP contribution in [0.5, 0.6) is 0 Å². The second-order valence-corrected chi connectivity index (χ2v) is 8.06. The zero-order valence-electron chi connectivity index (χ0n) is 17.3. The minimum Gasteiger partial charge on any atom is -0.345 e. The van der Waals surface area contributed by atoms with E-state index in [4.69, 9.17) is 0 Å². The first-order valence-electron chi connectivity index (χ1n) is 10.7. The lowest BCUT2D eigenvalue weighted by molar-refractivity contribution is -0.136.